The first-order valence-electron chi connectivity index (χ1n) is 5.56. The lowest BCUT2D eigenvalue weighted by Gasteiger charge is -2.14. The van der Waals surface area contributed by atoms with E-state index in [-0.39, 0.29) is 11.9 Å². The number of amidine groups is 1. The second kappa shape index (κ2) is 6.95. The van der Waals surface area contributed by atoms with Gasteiger partial charge in [0.1, 0.15) is 0 Å². The van der Waals surface area contributed by atoms with Gasteiger partial charge in [-0.05, 0) is 18.6 Å². The number of nitrogens with two attached hydrogens (primary N) is 1. The summed E-state index contributed by atoms with van der Waals surface area (Å²) in [6, 6.07) is 5.85. The van der Waals surface area contributed by atoms with Crippen LogP contribution in [0.4, 0.5) is 0 Å². The fraction of sp³-hybridized carbons (Fsp3) is 0.500. The summed E-state index contributed by atoms with van der Waals surface area (Å²) in [6.07, 6.45) is 4.03. The predicted octanol–water partition coefficient (Wildman–Crippen LogP) is 1.75. The Bertz CT molecular complexity index is 313. The van der Waals surface area contributed by atoms with Gasteiger partial charge < -0.3 is 10.5 Å². The number of nitrogens with one attached hydrogen (secondary N) is 1. The molecule has 0 radical (unpaired) electrons. The van der Waals surface area contributed by atoms with Crippen molar-refractivity contribution in [1.29, 1.82) is 5.41 Å². The van der Waals surface area contributed by atoms with Gasteiger partial charge in [-0.3, -0.25) is 10.4 Å². The third-order valence-electron chi connectivity index (χ3n) is 2.34. The Balaban J connectivity index is 2.26. The smallest absolute Gasteiger partial charge is 0.0931 e. The van der Waals surface area contributed by atoms with Crippen LogP contribution in [0.3, 0.4) is 0 Å². The average Bonchev–Trinajstić information content (AvgIpc) is 2.28. The van der Waals surface area contributed by atoms with Crippen molar-refractivity contribution in [2.24, 2.45) is 5.73 Å². The van der Waals surface area contributed by atoms with Gasteiger partial charge in [-0.2, -0.15) is 0 Å². The summed E-state index contributed by atoms with van der Waals surface area (Å²) in [5.41, 5.74) is 6.37. The van der Waals surface area contributed by atoms with Crippen molar-refractivity contribution in [3.8, 4) is 0 Å². The average molecular weight is 221 g/mol. The third-order valence-corrected chi connectivity index (χ3v) is 2.34. The molecule has 1 heterocycles. The molecule has 16 heavy (non-hydrogen) atoms. The number of hydrogen-bond acceptors (Lipinski definition) is 3. The number of hydrogen-bond donors (Lipinski definition) is 2. The summed E-state index contributed by atoms with van der Waals surface area (Å²) in [6.45, 7) is 2.66. The van der Waals surface area contributed by atoms with Crippen molar-refractivity contribution in [2.75, 3.05) is 6.61 Å². The zero-order valence-corrected chi connectivity index (χ0v) is 9.65. The second-order valence-electron chi connectivity index (χ2n) is 3.70. The normalized spacial score (nSPS) is 12.3. The number of aromatic nitrogens is 1. The highest BCUT2D eigenvalue weighted by Gasteiger charge is 2.07. The molecule has 0 saturated carbocycles. The van der Waals surface area contributed by atoms with Crippen LogP contribution in [0.15, 0.2) is 24.4 Å². The molecule has 0 aliphatic rings. The van der Waals surface area contributed by atoms with Crippen LogP contribution in [0, 0.1) is 5.41 Å². The van der Waals surface area contributed by atoms with Crippen LogP contribution in [-0.4, -0.2) is 23.5 Å². The quantitative estimate of drug-likeness (QED) is 0.544. The molecule has 0 aliphatic carbocycles. The summed E-state index contributed by atoms with van der Waals surface area (Å²) < 4.78 is 5.65. The molecule has 1 unspecified atom stereocenters. The van der Waals surface area contributed by atoms with Gasteiger partial charge in [0.15, 0.2) is 0 Å². The lowest BCUT2D eigenvalue weighted by Crippen LogP contribution is -2.22. The zero-order valence-electron chi connectivity index (χ0n) is 9.65. The van der Waals surface area contributed by atoms with E-state index in [9.17, 15) is 0 Å². The first-order valence-corrected chi connectivity index (χ1v) is 5.56. The van der Waals surface area contributed by atoms with Crippen molar-refractivity contribution in [1.82, 2.24) is 4.98 Å². The van der Waals surface area contributed by atoms with Crippen LogP contribution >= 0.6 is 0 Å². The third kappa shape index (κ3) is 4.89. The lowest BCUT2D eigenvalue weighted by atomic mass is 10.2. The van der Waals surface area contributed by atoms with E-state index in [0.29, 0.717) is 13.0 Å². The first-order chi connectivity index (χ1) is 7.72. The molecule has 1 aromatic heterocycles. The summed E-state index contributed by atoms with van der Waals surface area (Å²) in [5.74, 6) is 0.185. The molecule has 1 rings (SSSR count). The molecule has 0 aromatic carbocycles. The number of rotatable bonds is 7. The number of nitrogens with zero attached hydrogens (tertiary/aromatic N) is 1. The minimum absolute atomic E-state index is 0.0567. The summed E-state index contributed by atoms with van der Waals surface area (Å²) >= 11 is 0. The zero-order chi connectivity index (χ0) is 11.8. The molecule has 1 atom stereocenters. The van der Waals surface area contributed by atoms with Crippen LogP contribution in [0.25, 0.3) is 0 Å². The standard InChI is InChI=1S/C12H19N3O/c1-2-11(9-12(13)14)16-8-6-10-5-3-4-7-15-10/h3-5,7,11H,2,6,8-9H2,1H3,(H3,13,14). The SMILES string of the molecule is CCC(CC(=N)N)OCCc1ccccn1. The van der Waals surface area contributed by atoms with Crippen LogP contribution in [0.5, 0.6) is 0 Å². The van der Waals surface area contributed by atoms with Crippen LogP contribution in [-0.2, 0) is 11.2 Å². The highest BCUT2D eigenvalue weighted by Crippen LogP contribution is 2.04. The number of ether oxygens (including phenoxy) is 1. The highest BCUT2D eigenvalue weighted by molar-refractivity contribution is 5.77. The van der Waals surface area contributed by atoms with Crippen LogP contribution in [0.2, 0.25) is 0 Å². The fourth-order valence-electron chi connectivity index (χ4n) is 1.44. The predicted molar refractivity (Wildman–Crippen MR) is 64.5 cm³/mol. The van der Waals surface area contributed by atoms with Crippen molar-refractivity contribution < 1.29 is 4.74 Å². The molecule has 88 valence electrons. The monoisotopic (exact) mass is 221 g/mol. The molecule has 0 bridgehead atoms. The van der Waals surface area contributed by atoms with E-state index >= 15 is 0 Å². The van der Waals surface area contributed by atoms with Gasteiger partial charge in [0.05, 0.1) is 18.5 Å². The molecule has 0 fully saturated rings. The minimum Gasteiger partial charge on any atom is -0.388 e. The topological polar surface area (TPSA) is 72.0 Å². The number of pyridine rings is 1. The Kier molecular flexibility index (Phi) is 5.50. The Morgan fingerprint density at radius 3 is 2.94 bits per heavy atom. The van der Waals surface area contributed by atoms with E-state index in [0.717, 1.165) is 18.5 Å². The Morgan fingerprint density at radius 2 is 2.38 bits per heavy atom. The Labute approximate surface area is 96.3 Å². The van der Waals surface area contributed by atoms with Gasteiger partial charge in [-0.1, -0.05) is 13.0 Å². The van der Waals surface area contributed by atoms with Gasteiger partial charge >= 0.3 is 0 Å². The van der Waals surface area contributed by atoms with Crippen LogP contribution in [0.1, 0.15) is 25.5 Å². The van der Waals surface area contributed by atoms with Gasteiger partial charge in [0, 0.05) is 24.7 Å². The summed E-state index contributed by atoms with van der Waals surface area (Å²) in [5, 5.41) is 7.21. The van der Waals surface area contributed by atoms with Gasteiger partial charge in [-0.25, -0.2) is 0 Å². The van der Waals surface area contributed by atoms with Crippen molar-refractivity contribution >= 4 is 5.84 Å². The molecular weight excluding hydrogens is 202 g/mol. The first kappa shape index (κ1) is 12.6. The Morgan fingerprint density at radius 1 is 1.56 bits per heavy atom. The van der Waals surface area contributed by atoms with Gasteiger partial charge in [0.25, 0.3) is 0 Å². The highest BCUT2D eigenvalue weighted by atomic mass is 16.5. The largest absolute Gasteiger partial charge is 0.388 e. The maximum Gasteiger partial charge on any atom is 0.0931 e. The van der Waals surface area contributed by atoms with Crippen molar-refractivity contribution in [2.45, 2.75) is 32.3 Å². The molecule has 4 heteroatoms. The molecule has 0 saturated heterocycles. The Hall–Kier alpha value is -1.42. The van der Waals surface area contributed by atoms with Crippen LogP contribution < -0.4 is 5.73 Å². The maximum atomic E-state index is 7.21. The lowest BCUT2D eigenvalue weighted by molar-refractivity contribution is 0.0572. The molecule has 4 nitrogen and oxygen atoms in total. The van der Waals surface area contributed by atoms with E-state index in [4.69, 9.17) is 15.9 Å². The van der Waals surface area contributed by atoms with Crippen molar-refractivity contribution in [3.05, 3.63) is 30.1 Å². The molecule has 0 aliphatic heterocycles. The van der Waals surface area contributed by atoms with E-state index in [1.54, 1.807) is 6.20 Å². The molecule has 3 N–H and O–H groups in total. The van der Waals surface area contributed by atoms with Gasteiger partial charge in [-0.15, -0.1) is 0 Å². The molecule has 1 aromatic rings. The van der Waals surface area contributed by atoms with Crippen molar-refractivity contribution in [3.63, 3.8) is 0 Å². The molecule has 0 amide bonds. The van der Waals surface area contributed by atoms with E-state index in [1.165, 1.54) is 0 Å². The van der Waals surface area contributed by atoms with E-state index < -0.39 is 0 Å². The maximum absolute atomic E-state index is 7.21. The summed E-state index contributed by atoms with van der Waals surface area (Å²) in [7, 11) is 0. The fourth-order valence-corrected chi connectivity index (χ4v) is 1.44. The van der Waals surface area contributed by atoms with E-state index in [2.05, 4.69) is 4.98 Å². The van der Waals surface area contributed by atoms with E-state index in [1.807, 2.05) is 25.1 Å². The summed E-state index contributed by atoms with van der Waals surface area (Å²) in [4.78, 5) is 4.22. The second-order valence-corrected chi connectivity index (χ2v) is 3.70. The van der Waals surface area contributed by atoms with Gasteiger partial charge in [0.2, 0.25) is 0 Å². The molecule has 0 spiro atoms. The molecular formula is C12H19N3O. The minimum atomic E-state index is 0.0567.